The van der Waals surface area contributed by atoms with Crippen molar-refractivity contribution < 1.29 is 10.0 Å². The highest BCUT2D eigenvalue weighted by molar-refractivity contribution is 5.74. The Balaban J connectivity index is 3.16. The number of carbonyl (C=O) groups is 1. The number of nitrogens with zero attached hydrogens (tertiary/aromatic N) is 1. The molecule has 0 rings (SSSR count). The molecule has 0 bridgehead atoms. The highest BCUT2D eigenvalue weighted by Crippen LogP contribution is 2.13. The fourth-order valence-corrected chi connectivity index (χ4v) is 2.76. The van der Waals surface area contributed by atoms with Crippen molar-refractivity contribution in [2.24, 2.45) is 0 Å². The van der Waals surface area contributed by atoms with Gasteiger partial charge in [-0.05, 0) is 12.8 Å². The zero-order valence-corrected chi connectivity index (χ0v) is 15.1. The summed E-state index contributed by atoms with van der Waals surface area (Å²) in [5.41, 5.74) is 0. The molecule has 3 heteroatoms. The van der Waals surface area contributed by atoms with Crippen molar-refractivity contribution in [2.45, 2.75) is 110 Å². The lowest BCUT2D eigenvalue weighted by atomic mass is 10.0. The van der Waals surface area contributed by atoms with E-state index in [1.807, 2.05) is 6.92 Å². The SMILES string of the molecule is CCCCCCCCCCCCCCCC(=O)N(O)CCC. The summed E-state index contributed by atoms with van der Waals surface area (Å²) in [6.07, 6.45) is 18.3. The average Bonchev–Trinajstić information content (AvgIpc) is 2.51. The Morgan fingerprint density at radius 3 is 1.50 bits per heavy atom. The fraction of sp³-hybridized carbons (Fsp3) is 0.947. The van der Waals surface area contributed by atoms with Crippen LogP contribution in [0.25, 0.3) is 0 Å². The molecule has 22 heavy (non-hydrogen) atoms. The third-order valence-electron chi connectivity index (χ3n) is 4.22. The van der Waals surface area contributed by atoms with Gasteiger partial charge in [-0.3, -0.25) is 10.0 Å². The zero-order valence-electron chi connectivity index (χ0n) is 15.1. The van der Waals surface area contributed by atoms with E-state index in [4.69, 9.17) is 0 Å². The van der Waals surface area contributed by atoms with E-state index < -0.39 is 0 Å². The van der Waals surface area contributed by atoms with Crippen LogP contribution in [0.2, 0.25) is 0 Å². The van der Waals surface area contributed by atoms with Crippen molar-refractivity contribution in [3.63, 3.8) is 0 Å². The van der Waals surface area contributed by atoms with Gasteiger partial charge in [-0.1, -0.05) is 90.9 Å². The summed E-state index contributed by atoms with van der Waals surface area (Å²) in [5.74, 6) is -0.120. The summed E-state index contributed by atoms with van der Waals surface area (Å²) >= 11 is 0. The standard InChI is InChI=1S/C19H39NO2/c1-3-5-6-7-8-9-10-11-12-13-14-15-16-17-19(21)20(22)18-4-2/h22H,3-18H2,1-2H3. The minimum Gasteiger partial charge on any atom is -0.286 e. The molecular weight excluding hydrogens is 274 g/mol. The predicted molar refractivity (Wildman–Crippen MR) is 94.1 cm³/mol. The summed E-state index contributed by atoms with van der Waals surface area (Å²) in [7, 11) is 0. The zero-order chi connectivity index (χ0) is 16.5. The highest BCUT2D eigenvalue weighted by Gasteiger charge is 2.08. The van der Waals surface area contributed by atoms with E-state index in [-0.39, 0.29) is 5.91 Å². The molecule has 0 aromatic rings. The first-order valence-corrected chi connectivity index (χ1v) is 9.71. The van der Waals surface area contributed by atoms with Crippen molar-refractivity contribution >= 4 is 5.91 Å². The Labute approximate surface area is 138 Å². The molecule has 132 valence electrons. The molecule has 0 aliphatic rings. The van der Waals surface area contributed by atoms with Gasteiger partial charge < -0.3 is 0 Å². The maximum Gasteiger partial charge on any atom is 0.245 e. The van der Waals surface area contributed by atoms with Crippen LogP contribution >= 0.6 is 0 Å². The first-order chi connectivity index (χ1) is 10.7. The van der Waals surface area contributed by atoms with Gasteiger partial charge in [0, 0.05) is 13.0 Å². The van der Waals surface area contributed by atoms with Crippen LogP contribution < -0.4 is 0 Å². The molecule has 0 atom stereocenters. The van der Waals surface area contributed by atoms with E-state index in [0.29, 0.717) is 13.0 Å². The summed E-state index contributed by atoms with van der Waals surface area (Å²) in [4.78, 5) is 11.5. The smallest absolute Gasteiger partial charge is 0.245 e. The molecule has 0 aliphatic carbocycles. The quantitative estimate of drug-likeness (QED) is 0.212. The summed E-state index contributed by atoms with van der Waals surface area (Å²) in [5, 5.41) is 10.3. The largest absolute Gasteiger partial charge is 0.286 e. The topological polar surface area (TPSA) is 40.5 Å². The summed E-state index contributed by atoms with van der Waals surface area (Å²) < 4.78 is 0. The van der Waals surface area contributed by atoms with E-state index in [9.17, 15) is 10.0 Å². The molecule has 0 saturated heterocycles. The van der Waals surface area contributed by atoms with Crippen LogP contribution in [-0.2, 0) is 4.79 Å². The Bertz CT molecular complexity index is 244. The molecule has 0 aliphatic heterocycles. The molecule has 0 radical (unpaired) electrons. The second kappa shape index (κ2) is 16.8. The molecule has 0 fully saturated rings. The van der Waals surface area contributed by atoms with Gasteiger partial charge >= 0.3 is 0 Å². The Kier molecular flexibility index (Phi) is 16.4. The van der Waals surface area contributed by atoms with E-state index in [1.165, 1.54) is 70.6 Å². The molecule has 0 aromatic heterocycles. The normalized spacial score (nSPS) is 10.9. The fourth-order valence-electron chi connectivity index (χ4n) is 2.76. The molecular formula is C19H39NO2. The molecule has 1 N–H and O–H groups in total. The molecule has 0 aromatic carbocycles. The van der Waals surface area contributed by atoms with Gasteiger partial charge in [0.15, 0.2) is 0 Å². The molecule has 0 spiro atoms. The Morgan fingerprint density at radius 1 is 0.682 bits per heavy atom. The second-order valence-electron chi connectivity index (χ2n) is 6.51. The number of hydrogen-bond acceptors (Lipinski definition) is 2. The van der Waals surface area contributed by atoms with Crippen LogP contribution in [0.15, 0.2) is 0 Å². The van der Waals surface area contributed by atoms with Gasteiger partial charge in [0.05, 0.1) is 0 Å². The molecule has 3 nitrogen and oxygen atoms in total. The Hall–Kier alpha value is -0.570. The predicted octanol–water partition coefficient (Wildman–Crippen LogP) is 6.10. The Morgan fingerprint density at radius 2 is 1.09 bits per heavy atom. The lowest BCUT2D eigenvalue weighted by Gasteiger charge is -2.13. The van der Waals surface area contributed by atoms with E-state index in [1.54, 1.807) is 0 Å². The number of hydroxylamine groups is 2. The van der Waals surface area contributed by atoms with Crippen LogP contribution in [0, 0.1) is 0 Å². The minimum atomic E-state index is -0.120. The number of unbranched alkanes of at least 4 members (excludes halogenated alkanes) is 12. The van der Waals surface area contributed by atoms with Crippen LogP contribution in [0.1, 0.15) is 110 Å². The van der Waals surface area contributed by atoms with Gasteiger partial charge in [-0.2, -0.15) is 0 Å². The summed E-state index contributed by atoms with van der Waals surface area (Å²) in [6, 6.07) is 0. The maximum atomic E-state index is 11.5. The van der Waals surface area contributed by atoms with E-state index in [2.05, 4.69) is 6.92 Å². The van der Waals surface area contributed by atoms with Gasteiger partial charge in [-0.25, -0.2) is 5.06 Å². The van der Waals surface area contributed by atoms with Gasteiger partial charge in [0.25, 0.3) is 0 Å². The number of rotatable bonds is 16. The minimum absolute atomic E-state index is 0.120. The number of amides is 1. The van der Waals surface area contributed by atoms with Gasteiger partial charge in [0.1, 0.15) is 0 Å². The third-order valence-corrected chi connectivity index (χ3v) is 4.22. The lowest BCUT2D eigenvalue weighted by molar-refractivity contribution is -0.165. The van der Waals surface area contributed by atoms with E-state index >= 15 is 0 Å². The number of hydrogen-bond donors (Lipinski definition) is 1. The van der Waals surface area contributed by atoms with Gasteiger partial charge in [0.2, 0.25) is 5.91 Å². The third kappa shape index (κ3) is 14.4. The molecule has 0 saturated carbocycles. The monoisotopic (exact) mass is 313 g/mol. The van der Waals surface area contributed by atoms with Crippen molar-refractivity contribution in [1.29, 1.82) is 0 Å². The molecule has 1 amide bonds. The lowest BCUT2D eigenvalue weighted by Crippen LogP contribution is -2.27. The highest BCUT2D eigenvalue weighted by atomic mass is 16.5. The van der Waals surface area contributed by atoms with Gasteiger partial charge in [-0.15, -0.1) is 0 Å². The summed E-state index contributed by atoms with van der Waals surface area (Å²) in [6.45, 7) is 4.68. The van der Waals surface area contributed by atoms with Crippen LogP contribution in [0.4, 0.5) is 0 Å². The van der Waals surface area contributed by atoms with Crippen molar-refractivity contribution in [1.82, 2.24) is 5.06 Å². The van der Waals surface area contributed by atoms with Crippen LogP contribution in [0.5, 0.6) is 0 Å². The molecule has 0 unspecified atom stereocenters. The van der Waals surface area contributed by atoms with Crippen molar-refractivity contribution in [2.75, 3.05) is 6.54 Å². The van der Waals surface area contributed by atoms with Crippen LogP contribution in [-0.4, -0.2) is 22.7 Å². The maximum absolute atomic E-state index is 11.5. The second-order valence-corrected chi connectivity index (χ2v) is 6.51. The van der Waals surface area contributed by atoms with E-state index in [0.717, 1.165) is 24.3 Å². The molecule has 0 heterocycles. The van der Waals surface area contributed by atoms with Crippen LogP contribution in [0.3, 0.4) is 0 Å². The first-order valence-electron chi connectivity index (χ1n) is 9.71. The van der Waals surface area contributed by atoms with Crippen molar-refractivity contribution in [3.8, 4) is 0 Å². The first kappa shape index (κ1) is 21.4. The number of carbonyl (C=O) groups excluding carboxylic acids is 1. The average molecular weight is 314 g/mol. The van der Waals surface area contributed by atoms with Crippen molar-refractivity contribution in [3.05, 3.63) is 0 Å².